The largest absolute Gasteiger partial charge is 0.494 e. The van der Waals surface area contributed by atoms with Crippen molar-refractivity contribution in [2.24, 2.45) is 0 Å². The van der Waals surface area contributed by atoms with Gasteiger partial charge in [-0.3, -0.25) is 9.69 Å². The van der Waals surface area contributed by atoms with Gasteiger partial charge in [0, 0.05) is 18.7 Å². The summed E-state index contributed by atoms with van der Waals surface area (Å²) in [7, 11) is 5.47. The number of amides is 1. The van der Waals surface area contributed by atoms with Crippen LogP contribution >= 0.6 is 22.9 Å². The molecule has 0 aliphatic carbocycles. The van der Waals surface area contributed by atoms with E-state index in [0.29, 0.717) is 45.6 Å². The van der Waals surface area contributed by atoms with Crippen molar-refractivity contribution in [2.45, 2.75) is 0 Å². The molecule has 6 nitrogen and oxygen atoms in total. The highest BCUT2D eigenvalue weighted by Crippen LogP contribution is 2.39. The fraction of sp³-hybridized carbons (Fsp3) is 0.250. The van der Waals surface area contributed by atoms with E-state index in [1.807, 2.05) is 19.0 Å². The molecule has 0 fully saturated rings. The molecule has 0 radical (unpaired) electrons. The van der Waals surface area contributed by atoms with Crippen LogP contribution in [-0.4, -0.2) is 50.1 Å². The highest BCUT2D eigenvalue weighted by Gasteiger charge is 2.23. The molecule has 144 valence electrons. The SMILES string of the molecule is COc1ccc(Cl)c2sc(N(CCN(C)C)C(=O)c3ccc(C#N)cc3)nc12. The molecule has 0 N–H and O–H groups in total. The monoisotopic (exact) mass is 414 g/mol. The molecule has 2 aromatic carbocycles. The number of nitriles is 1. The van der Waals surface area contributed by atoms with E-state index in [2.05, 4.69) is 11.1 Å². The minimum atomic E-state index is -0.180. The summed E-state index contributed by atoms with van der Waals surface area (Å²) in [6.07, 6.45) is 0. The van der Waals surface area contributed by atoms with E-state index in [-0.39, 0.29) is 5.91 Å². The molecule has 0 spiro atoms. The lowest BCUT2D eigenvalue weighted by Gasteiger charge is -2.22. The van der Waals surface area contributed by atoms with E-state index >= 15 is 0 Å². The third-order valence-corrected chi connectivity index (χ3v) is 5.71. The number of methoxy groups -OCH3 is 1. The zero-order chi connectivity index (χ0) is 20.3. The Balaban J connectivity index is 2.04. The van der Waals surface area contributed by atoms with Gasteiger partial charge in [0.1, 0.15) is 11.3 Å². The Morgan fingerprint density at radius 3 is 2.54 bits per heavy atom. The lowest BCUT2D eigenvalue weighted by molar-refractivity contribution is 0.0985. The normalized spacial score (nSPS) is 10.9. The molecule has 0 saturated heterocycles. The number of thiazole rings is 1. The van der Waals surface area contributed by atoms with E-state index in [1.165, 1.54) is 11.3 Å². The number of aromatic nitrogens is 1. The van der Waals surface area contributed by atoms with Crippen LogP contribution in [0.3, 0.4) is 0 Å². The number of rotatable bonds is 6. The smallest absolute Gasteiger partial charge is 0.260 e. The first-order chi connectivity index (χ1) is 13.4. The van der Waals surface area contributed by atoms with Crippen LogP contribution in [-0.2, 0) is 0 Å². The molecule has 0 aliphatic heterocycles. The number of carbonyl (C=O) groups is 1. The number of likely N-dealkylation sites (N-methyl/N-ethyl adjacent to an activating group) is 1. The molecule has 1 amide bonds. The molecule has 3 aromatic rings. The summed E-state index contributed by atoms with van der Waals surface area (Å²) in [6.45, 7) is 1.13. The Bertz CT molecular complexity index is 1040. The number of benzene rings is 2. The van der Waals surface area contributed by atoms with Crippen molar-refractivity contribution in [3.05, 3.63) is 52.5 Å². The maximum atomic E-state index is 13.2. The Kier molecular flexibility index (Phi) is 6.15. The summed E-state index contributed by atoms with van der Waals surface area (Å²) >= 11 is 7.69. The van der Waals surface area contributed by atoms with Crippen LogP contribution in [0.15, 0.2) is 36.4 Å². The molecule has 3 rings (SSSR count). The Labute approximate surface area is 172 Å². The summed E-state index contributed by atoms with van der Waals surface area (Å²) in [5, 5.41) is 10.1. The third kappa shape index (κ3) is 4.09. The van der Waals surface area contributed by atoms with Gasteiger partial charge in [-0.1, -0.05) is 22.9 Å². The van der Waals surface area contributed by atoms with Gasteiger partial charge in [-0.05, 0) is 50.5 Å². The molecule has 0 aliphatic rings. The average molecular weight is 415 g/mol. The summed E-state index contributed by atoms with van der Waals surface area (Å²) in [4.78, 5) is 21.5. The van der Waals surface area contributed by atoms with Crippen LogP contribution in [0, 0.1) is 11.3 Å². The van der Waals surface area contributed by atoms with Gasteiger partial charge in [0.05, 0.1) is 28.5 Å². The van der Waals surface area contributed by atoms with Crippen molar-refractivity contribution < 1.29 is 9.53 Å². The van der Waals surface area contributed by atoms with E-state index in [0.717, 1.165) is 4.70 Å². The van der Waals surface area contributed by atoms with E-state index in [4.69, 9.17) is 21.6 Å². The van der Waals surface area contributed by atoms with Gasteiger partial charge in [-0.2, -0.15) is 5.26 Å². The predicted molar refractivity (Wildman–Crippen MR) is 113 cm³/mol. The molecule has 0 atom stereocenters. The molecule has 1 heterocycles. The van der Waals surface area contributed by atoms with Crippen LogP contribution in [0.2, 0.25) is 5.02 Å². The molecular formula is C20H19ClN4O2S. The number of ether oxygens (including phenoxy) is 1. The summed E-state index contributed by atoms with van der Waals surface area (Å²) < 4.78 is 6.16. The summed E-state index contributed by atoms with van der Waals surface area (Å²) in [5.41, 5.74) is 1.64. The standard InChI is InChI=1S/C20H19ClN4O2S/c1-24(2)10-11-25(19(26)14-6-4-13(12-22)5-7-14)20-23-17-16(27-3)9-8-15(21)18(17)28-20/h4-9H,10-11H2,1-3H3. The molecule has 8 heteroatoms. The van der Waals surface area contributed by atoms with Gasteiger partial charge < -0.3 is 9.64 Å². The van der Waals surface area contributed by atoms with Crippen molar-refractivity contribution in [3.63, 3.8) is 0 Å². The highest BCUT2D eigenvalue weighted by atomic mass is 35.5. The van der Waals surface area contributed by atoms with Crippen molar-refractivity contribution >= 4 is 44.2 Å². The van der Waals surface area contributed by atoms with Crippen molar-refractivity contribution in [3.8, 4) is 11.8 Å². The number of fused-ring (bicyclic) bond motifs is 1. The lowest BCUT2D eigenvalue weighted by Crippen LogP contribution is -2.36. The van der Waals surface area contributed by atoms with Crippen molar-refractivity contribution in [1.29, 1.82) is 5.26 Å². The third-order valence-electron chi connectivity index (χ3n) is 4.17. The van der Waals surface area contributed by atoms with E-state index < -0.39 is 0 Å². The van der Waals surface area contributed by atoms with Crippen LogP contribution in [0.25, 0.3) is 10.2 Å². The predicted octanol–water partition coefficient (Wildman–Crippen LogP) is 4.04. The molecule has 0 bridgehead atoms. The molecule has 0 unspecified atom stereocenters. The summed E-state index contributed by atoms with van der Waals surface area (Å²) in [5.74, 6) is 0.431. The van der Waals surface area contributed by atoms with Crippen molar-refractivity contribution in [1.82, 2.24) is 9.88 Å². The van der Waals surface area contributed by atoms with Gasteiger partial charge in [-0.25, -0.2) is 4.98 Å². The van der Waals surface area contributed by atoms with Gasteiger partial charge in [0.25, 0.3) is 5.91 Å². The Hall–Kier alpha value is -2.66. The van der Waals surface area contributed by atoms with E-state index in [9.17, 15) is 4.79 Å². The van der Waals surface area contributed by atoms with Crippen LogP contribution in [0.4, 0.5) is 5.13 Å². The van der Waals surface area contributed by atoms with Crippen LogP contribution in [0.1, 0.15) is 15.9 Å². The highest BCUT2D eigenvalue weighted by molar-refractivity contribution is 7.23. The molecular weight excluding hydrogens is 396 g/mol. The topological polar surface area (TPSA) is 69.5 Å². The van der Waals surface area contributed by atoms with Crippen molar-refractivity contribution in [2.75, 3.05) is 39.2 Å². The van der Waals surface area contributed by atoms with Gasteiger partial charge in [0.15, 0.2) is 5.13 Å². The Morgan fingerprint density at radius 2 is 1.93 bits per heavy atom. The number of nitrogens with zero attached hydrogens (tertiary/aromatic N) is 4. The zero-order valence-electron chi connectivity index (χ0n) is 15.8. The van der Waals surface area contributed by atoms with Gasteiger partial charge in [-0.15, -0.1) is 0 Å². The fourth-order valence-electron chi connectivity index (χ4n) is 2.65. The van der Waals surface area contributed by atoms with Gasteiger partial charge >= 0.3 is 0 Å². The molecule has 0 saturated carbocycles. The van der Waals surface area contributed by atoms with E-state index in [1.54, 1.807) is 48.4 Å². The quantitative estimate of drug-likeness (QED) is 0.608. The first-order valence-corrected chi connectivity index (χ1v) is 9.74. The number of hydrogen-bond donors (Lipinski definition) is 0. The Morgan fingerprint density at radius 1 is 1.21 bits per heavy atom. The first kappa shape index (κ1) is 20.1. The minimum Gasteiger partial charge on any atom is -0.494 e. The molecule has 28 heavy (non-hydrogen) atoms. The lowest BCUT2D eigenvalue weighted by atomic mass is 10.1. The molecule has 1 aromatic heterocycles. The number of anilines is 1. The maximum Gasteiger partial charge on any atom is 0.260 e. The average Bonchev–Trinajstić information content (AvgIpc) is 3.14. The number of hydrogen-bond acceptors (Lipinski definition) is 6. The minimum absolute atomic E-state index is 0.180. The number of halogens is 1. The van der Waals surface area contributed by atoms with Crippen LogP contribution < -0.4 is 9.64 Å². The first-order valence-electron chi connectivity index (χ1n) is 8.54. The second-order valence-electron chi connectivity index (χ2n) is 6.37. The number of carbonyl (C=O) groups excluding carboxylic acids is 1. The zero-order valence-corrected chi connectivity index (χ0v) is 17.3. The second-order valence-corrected chi connectivity index (χ2v) is 7.76. The van der Waals surface area contributed by atoms with Crippen LogP contribution in [0.5, 0.6) is 5.75 Å². The fourth-order valence-corrected chi connectivity index (χ4v) is 3.93. The second kappa shape index (κ2) is 8.57. The summed E-state index contributed by atoms with van der Waals surface area (Å²) in [6, 6.07) is 12.2. The maximum absolute atomic E-state index is 13.2. The van der Waals surface area contributed by atoms with Gasteiger partial charge in [0.2, 0.25) is 0 Å².